The predicted molar refractivity (Wildman–Crippen MR) is 230 cm³/mol. The molecule has 0 radical (unpaired) electrons. The predicted octanol–water partition coefficient (Wildman–Crippen LogP) is 11.9. The van der Waals surface area contributed by atoms with E-state index in [0.29, 0.717) is 23.9 Å². The first-order valence-corrected chi connectivity index (χ1v) is 20.3. The van der Waals surface area contributed by atoms with Gasteiger partial charge in [-0.2, -0.15) is 12.1 Å². The summed E-state index contributed by atoms with van der Waals surface area (Å²) in [6.07, 6.45) is 2.54. The Kier molecular flexibility index (Phi) is 9.79. The number of fused-ring (bicyclic) bond motifs is 5. The van der Waals surface area contributed by atoms with E-state index in [1.165, 1.54) is 11.1 Å². The van der Waals surface area contributed by atoms with Gasteiger partial charge in [-0.3, -0.25) is 15.0 Å². The zero-order valence-electron chi connectivity index (χ0n) is 36.8. The summed E-state index contributed by atoms with van der Waals surface area (Å²) >= 11 is 0. The molecule has 5 aromatic rings. The molecule has 8 rings (SSSR count). The van der Waals surface area contributed by atoms with Gasteiger partial charge in [0.05, 0.1) is 5.69 Å². The molecule has 304 valence electrons. The first-order chi connectivity index (χ1) is 26.4. The Labute approximate surface area is 360 Å². The number of hydrogen-bond acceptors (Lipinski definition) is 7. The van der Waals surface area contributed by atoms with E-state index < -0.39 is 11.1 Å². The van der Waals surface area contributed by atoms with E-state index in [4.69, 9.17) is 29.4 Å². The molecule has 2 atom stereocenters. The van der Waals surface area contributed by atoms with Gasteiger partial charge in [0.25, 0.3) is 0 Å². The van der Waals surface area contributed by atoms with Gasteiger partial charge in [-0.05, 0) is 79.1 Å². The Morgan fingerprint density at radius 2 is 1.48 bits per heavy atom. The van der Waals surface area contributed by atoms with Crippen molar-refractivity contribution in [1.29, 1.82) is 0 Å². The molecule has 0 unspecified atom stereocenters. The number of aryl methyl sites for hydroxylation is 3. The summed E-state index contributed by atoms with van der Waals surface area (Å²) in [7, 11) is 0. The average molecular weight is 955 g/mol. The summed E-state index contributed by atoms with van der Waals surface area (Å²) in [4.78, 5) is 22.5. The van der Waals surface area contributed by atoms with Gasteiger partial charge in [0, 0.05) is 51.7 Å². The van der Waals surface area contributed by atoms with E-state index in [2.05, 4.69) is 150 Å². The maximum atomic E-state index is 7.18. The summed E-state index contributed by atoms with van der Waals surface area (Å²) in [5, 5.41) is 0. The molecular weight excluding hydrogens is 898 g/mol. The van der Waals surface area contributed by atoms with Gasteiger partial charge in [-0.15, -0.1) is 17.3 Å². The molecule has 0 amide bonds. The minimum absolute atomic E-state index is 0. The zero-order chi connectivity index (χ0) is 41.2. The fourth-order valence-electron chi connectivity index (χ4n) is 9.12. The summed E-state index contributed by atoms with van der Waals surface area (Å²) in [6, 6.07) is 26.7. The van der Waals surface area contributed by atoms with Crippen LogP contribution < -0.4 is 9.64 Å². The molecule has 7 nitrogen and oxygen atoms in total. The normalized spacial score (nSPS) is 20.6. The first-order valence-electron chi connectivity index (χ1n) is 20.3. The maximum absolute atomic E-state index is 7.18. The first kappa shape index (κ1) is 41.8. The number of nitrogens with zero attached hydrogens (tertiary/aromatic N) is 5. The van der Waals surface area contributed by atoms with Crippen molar-refractivity contribution in [2.24, 2.45) is 10.4 Å². The van der Waals surface area contributed by atoms with Gasteiger partial charge in [0.2, 0.25) is 0 Å². The van der Waals surface area contributed by atoms with Crippen LogP contribution in [0.15, 0.2) is 65.8 Å². The summed E-state index contributed by atoms with van der Waals surface area (Å²) in [6.45, 7) is 33.1. The minimum atomic E-state index is -0.633. The number of benzene rings is 2. The van der Waals surface area contributed by atoms with Crippen molar-refractivity contribution in [3.8, 4) is 11.6 Å². The second-order valence-electron chi connectivity index (χ2n) is 20.3. The van der Waals surface area contributed by atoms with Crippen LogP contribution in [0.5, 0.6) is 11.6 Å². The number of aromatic nitrogens is 3. The smallest absolute Gasteiger partial charge is 0.510 e. The van der Waals surface area contributed by atoms with Crippen molar-refractivity contribution >= 4 is 23.1 Å². The Morgan fingerprint density at radius 1 is 0.776 bits per heavy atom. The molecule has 0 N–H and O–H groups in total. The van der Waals surface area contributed by atoms with Gasteiger partial charge in [-0.25, -0.2) is 4.98 Å². The van der Waals surface area contributed by atoms with Crippen molar-refractivity contribution in [3.05, 3.63) is 129 Å². The minimum Gasteiger partial charge on any atom is -0.510 e. The number of anilines is 3. The molecule has 0 bridgehead atoms. The van der Waals surface area contributed by atoms with Crippen molar-refractivity contribution < 1.29 is 30.5 Å². The van der Waals surface area contributed by atoms with Crippen LogP contribution in [0.2, 0.25) is 0 Å². The van der Waals surface area contributed by atoms with Gasteiger partial charge >= 0.3 is 21.1 Å². The number of aliphatic imine (C=N–C) groups is 1. The fraction of sp³-hybridized carbons (Fsp3) is 0.440. The number of pyridine rings is 3. The summed E-state index contributed by atoms with van der Waals surface area (Å²) < 4.78 is 13.9. The van der Waals surface area contributed by atoms with E-state index in [-0.39, 0.29) is 42.7 Å². The maximum Gasteiger partial charge on any atom is 2.00 e. The number of ether oxygens (including phenoxy) is 2. The third kappa shape index (κ3) is 6.51. The van der Waals surface area contributed by atoms with Crippen LogP contribution >= 0.6 is 0 Å². The van der Waals surface area contributed by atoms with E-state index in [0.717, 1.165) is 62.1 Å². The number of rotatable bonds is 4. The number of hydrogen-bond donors (Lipinski definition) is 0. The van der Waals surface area contributed by atoms with Gasteiger partial charge in [0.15, 0.2) is 0 Å². The molecule has 8 heteroatoms. The molecular formula is C50H57N5O2Pt. The van der Waals surface area contributed by atoms with Crippen molar-refractivity contribution in [2.75, 3.05) is 4.90 Å². The van der Waals surface area contributed by atoms with Crippen LogP contribution in [0, 0.1) is 38.3 Å². The molecule has 0 saturated carbocycles. The molecule has 5 heterocycles. The Hall–Kier alpha value is -4.35. The third-order valence-electron chi connectivity index (χ3n) is 12.8. The molecule has 2 aromatic carbocycles. The van der Waals surface area contributed by atoms with E-state index >= 15 is 0 Å². The molecule has 58 heavy (non-hydrogen) atoms. The monoisotopic (exact) mass is 954 g/mol. The van der Waals surface area contributed by atoms with Crippen LogP contribution in [-0.2, 0) is 54.0 Å². The second kappa shape index (κ2) is 13.6. The molecule has 3 aliphatic rings. The average Bonchev–Trinajstić information content (AvgIpc) is 3.54. The summed E-state index contributed by atoms with van der Waals surface area (Å²) in [5.41, 5.74) is 10.6. The van der Waals surface area contributed by atoms with E-state index in [9.17, 15) is 0 Å². The van der Waals surface area contributed by atoms with Crippen LogP contribution in [0.3, 0.4) is 0 Å². The molecule has 3 aromatic heterocycles. The van der Waals surface area contributed by atoms with E-state index in [1.807, 2.05) is 31.3 Å². The fourth-order valence-corrected chi connectivity index (χ4v) is 9.12. The van der Waals surface area contributed by atoms with Gasteiger partial charge in [-0.1, -0.05) is 112 Å². The second-order valence-corrected chi connectivity index (χ2v) is 20.3. The molecule has 0 fully saturated rings. The SMILES string of the molecule is Cc1cc(N2c3ccc(C(C)(C)C)cc3C(C)(C)c3cccnc32)[c-]c(Oc2[c-]c(C3=N[C@]4(C)c5cc(C)c(C)nc5C[C@]4(C(C)(C)C)O3)cc(C(C)(C)C)c2)n1.[Pt+2]. The zero-order valence-corrected chi connectivity index (χ0v) is 39.1. The van der Waals surface area contributed by atoms with Crippen LogP contribution in [0.4, 0.5) is 17.2 Å². The van der Waals surface area contributed by atoms with Crippen molar-refractivity contribution in [1.82, 2.24) is 15.0 Å². The van der Waals surface area contributed by atoms with Crippen molar-refractivity contribution in [3.63, 3.8) is 0 Å². The Morgan fingerprint density at radius 3 is 2.16 bits per heavy atom. The van der Waals surface area contributed by atoms with Gasteiger partial charge in [0.1, 0.15) is 28.7 Å². The van der Waals surface area contributed by atoms with Crippen LogP contribution in [0.25, 0.3) is 0 Å². The van der Waals surface area contributed by atoms with Crippen molar-refractivity contribution in [2.45, 2.75) is 138 Å². The molecule has 0 spiro atoms. The summed E-state index contributed by atoms with van der Waals surface area (Å²) in [5.74, 6) is 2.32. The quantitative estimate of drug-likeness (QED) is 0.167. The Bertz CT molecular complexity index is 2500. The van der Waals surface area contributed by atoms with Crippen LogP contribution in [-0.4, -0.2) is 26.5 Å². The largest absolute Gasteiger partial charge is 2.00 e. The standard InChI is InChI=1S/C50H57N5O2.Pt/c1-29-21-38-40(53-31(29)3)28-50(47(10,11)12)49(38,15)54-44(57-50)32-23-34(46(7,8)9)25-36(24-32)56-42-27-35(22-30(2)52-42)55-41-19-18-33(45(4,5)6)26-39(41)48(13,14)37-17-16-20-51-43(37)55;/h16-23,25-26H,28H2,1-15H3;/q-2;+2/t49-,50-;/m1./s1. The molecule has 0 saturated heterocycles. The third-order valence-corrected chi connectivity index (χ3v) is 12.8. The molecule has 1 aliphatic carbocycles. The van der Waals surface area contributed by atoms with Crippen LogP contribution in [0.1, 0.15) is 139 Å². The van der Waals surface area contributed by atoms with Gasteiger partial charge < -0.3 is 14.4 Å². The molecule has 2 aliphatic heterocycles. The Balaban J connectivity index is 0.00000512. The van der Waals surface area contributed by atoms with E-state index in [1.54, 1.807) is 0 Å². The topological polar surface area (TPSA) is 72.7 Å².